The van der Waals surface area contributed by atoms with Gasteiger partial charge in [0.15, 0.2) is 9.84 Å². The van der Waals surface area contributed by atoms with Crippen LogP contribution in [0.5, 0.6) is 5.75 Å². The van der Waals surface area contributed by atoms with Crippen molar-refractivity contribution in [1.82, 2.24) is 19.8 Å². The number of benzene rings is 1. The van der Waals surface area contributed by atoms with Gasteiger partial charge in [-0.05, 0) is 68.8 Å². The van der Waals surface area contributed by atoms with Crippen LogP contribution in [-0.2, 0) is 16.9 Å². The van der Waals surface area contributed by atoms with Crippen LogP contribution in [0.1, 0.15) is 39.0 Å². The number of nitrogens with zero attached hydrogens (tertiary/aromatic N) is 2. The van der Waals surface area contributed by atoms with Crippen LogP contribution in [0.15, 0.2) is 46.3 Å². The number of aromatic nitrogens is 2. The van der Waals surface area contributed by atoms with Crippen molar-refractivity contribution in [3.63, 3.8) is 0 Å². The molecule has 1 saturated carbocycles. The number of hydrogen-bond acceptors (Lipinski definition) is 6. The number of pyridine rings is 1. The molecular formula is C28H38N4O4S. The zero-order valence-corrected chi connectivity index (χ0v) is 22.6. The highest BCUT2D eigenvalue weighted by atomic mass is 32.2. The summed E-state index contributed by atoms with van der Waals surface area (Å²) in [7, 11) is -1.69. The molecule has 1 atom stereocenters. The number of unbranched alkanes of at least 4 members (excludes halogenated alkanes) is 1. The molecule has 0 spiro atoms. The number of aromatic amines is 1. The number of sulfone groups is 1. The molecule has 3 heterocycles. The molecule has 0 bridgehead atoms. The molecule has 8 nitrogen and oxygen atoms in total. The first-order valence-electron chi connectivity index (χ1n) is 13.5. The zero-order valence-electron chi connectivity index (χ0n) is 21.8. The molecule has 37 heavy (non-hydrogen) atoms. The maximum Gasteiger partial charge on any atom is 0.274 e. The van der Waals surface area contributed by atoms with Gasteiger partial charge in [-0.2, -0.15) is 0 Å². The van der Waals surface area contributed by atoms with Crippen molar-refractivity contribution < 1.29 is 13.2 Å². The van der Waals surface area contributed by atoms with Crippen LogP contribution in [0.3, 0.4) is 0 Å². The van der Waals surface area contributed by atoms with E-state index in [-0.39, 0.29) is 22.3 Å². The van der Waals surface area contributed by atoms with Crippen molar-refractivity contribution in [3.8, 4) is 16.9 Å². The average molecular weight is 527 g/mol. The first-order chi connectivity index (χ1) is 17.9. The van der Waals surface area contributed by atoms with Crippen molar-refractivity contribution in [1.29, 1.82) is 0 Å². The average Bonchev–Trinajstić information content (AvgIpc) is 3.64. The molecule has 2 fully saturated rings. The van der Waals surface area contributed by atoms with E-state index in [2.05, 4.69) is 15.2 Å². The van der Waals surface area contributed by atoms with E-state index in [1.807, 2.05) is 6.07 Å². The van der Waals surface area contributed by atoms with Gasteiger partial charge in [-0.25, -0.2) is 8.42 Å². The van der Waals surface area contributed by atoms with Crippen molar-refractivity contribution in [2.45, 2.75) is 50.0 Å². The third-order valence-electron chi connectivity index (χ3n) is 7.72. The van der Waals surface area contributed by atoms with Gasteiger partial charge in [0.05, 0.1) is 10.6 Å². The minimum absolute atomic E-state index is 0.0251. The molecule has 1 aliphatic heterocycles. The number of hydrogen-bond donors (Lipinski definition) is 2. The fraction of sp³-hybridized carbons (Fsp3) is 0.536. The number of rotatable bonds is 11. The second kappa shape index (κ2) is 11.0. The molecule has 200 valence electrons. The van der Waals surface area contributed by atoms with Gasteiger partial charge in [0, 0.05) is 62.1 Å². The van der Waals surface area contributed by atoms with Crippen LogP contribution in [0, 0.1) is 5.92 Å². The molecular weight excluding hydrogens is 488 g/mol. The smallest absolute Gasteiger partial charge is 0.274 e. The van der Waals surface area contributed by atoms with Crippen LogP contribution in [0.25, 0.3) is 22.0 Å². The van der Waals surface area contributed by atoms with E-state index in [1.165, 1.54) is 17.4 Å². The molecule has 0 radical (unpaired) electrons. The molecule has 1 aliphatic carbocycles. The van der Waals surface area contributed by atoms with Gasteiger partial charge in [0.25, 0.3) is 5.56 Å². The third-order valence-corrected chi connectivity index (χ3v) is 9.46. The van der Waals surface area contributed by atoms with E-state index in [1.54, 1.807) is 44.6 Å². The molecule has 1 unspecified atom stereocenters. The lowest BCUT2D eigenvalue weighted by molar-refractivity contribution is 0.161. The van der Waals surface area contributed by atoms with Crippen LogP contribution >= 0.6 is 0 Å². The summed E-state index contributed by atoms with van der Waals surface area (Å²) in [4.78, 5) is 18.5. The summed E-state index contributed by atoms with van der Waals surface area (Å²) in [5.74, 6) is 1.24. The summed E-state index contributed by atoms with van der Waals surface area (Å²) in [6.45, 7) is 7.15. The quantitative estimate of drug-likeness (QED) is 0.371. The Morgan fingerprint density at radius 1 is 1.11 bits per heavy atom. The summed E-state index contributed by atoms with van der Waals surface area (Å²) in [5, 5.41) is 4.17. The molecule has 5 rings (SSSR count). The van der Waals surface area contributed by atoms with Gasteiger partial charge >= 0.3 is 0 Å². The monoisotopic (exact) mass is 526 g/mol. The van der Waals surface area contributed by atoms with Crippen LogP contribution in [-0.4, -0.2) is 67.4 Å². The van der Waals surface area contributed by atoms with E-state index in [0.29, 0.717) is 22.7 Å². The number of H-pyrrole nitrogens is 1. The Morgan fingerprint density at radius 2 is 1.89 bits per heavy atom. The second-order valence-corrected chi connectivity index (χ2v) is 12.6. The molecule has 9 heteroatoms. The Morgan fingerprint density at radius 3 is 2.62 bits per heavy atom. The van der Waals surface area contributed by atoms with E-state index in [0.717, 1.165) is 62.9 Å². The third kappa shape index (κ3) is 5.78. The summed E-state index contributed by atoms with van der Waals surface area (Å²) in [6.07, 6.45) is 9.20. The first-order valence-corrected chi connectivity index (χ1v) is 15.2. The van der Waals surface area contributed by atoms with Crippen LogP contribution in [0.4, 0.5) is 0 Å². The number of fused-ring (bicyclic) bond motifs is 1. The van der Waals surface area contributed by atoms with Gasteiger partial charge in [-0.15, -0.1) is 0 Å². The fourth-order valence-corrected chi connectivity index (χ4v) is 6.21. The van der Waals surface area contributed by atoms with Gasteiger partial charge in [-0.3, -0.25) is 4.79 Å². The topological polar surface area (TPSA) is 96.4 Å². The van der Waals surface area contributed by atoms with Gasteiger partial charge in [-0.1, -0.05) is 6.92 Å². The summed E-state index contributed by atoms with van der Waals surface area (Å²) in [6, 6.07) is 7.04. The Hall–Kier alpha value is -2.62. The van der Waals surface area contributed by atoms with E-state index >= 15 is 0 Å². The summed E-state index contributed by atoms with van der Waals surface area (Å²) >= 11 is 0. The number of ether oxygens (including phenoxy) is 1. The standard InChI is InChI=1S/C28H38N4O4S/c1-3-37(34,35)21-9-10-26(23(18-21)24-19-31(2)28(33)27-22(24)11-12-30-27)36-25(20-7-8-20)6-4-5-15-32-16-13-29-14-17-32/h9-12,18-20,25,29-30H,3-8,13-17H2,1-2H3. The van der Waals surface area contributed by atoms with Gasteiger partial charge in [0.2, 0.25) is 0 Å². The lowest BCUT2D eigenvalue weighted by Gasteiger charge is -2.27. The molecule has 2 aromatic heterocycles. The zero-order chi connectivity index (χ0) is 26.0. The second-order valence-electron chi connectivity index (χ2n) is 10.4. The Balaban J connectivity index is 1.43. The van der Waals surface area contributed by atoms with E-state index in [9.17, 15) is 13.2 Å². The number of nitrogens with one attached hydrogen (secondary N) is 2. The van der Waals surface area contributed by atoms with Crippen molar-refractivity contribution in [2.24, 2.45) is 13.0 Å². The molecule has 3 aromatic rings. The minimum atomic E-state index is -3.41. The van der Waals surface area contributed by atoms with Gasteiger partial charge in [0.1, 0.15) is 17.4 Å². The molecule has 0 amide bonds. The highest BCUT2D eigenvalue weighted by Crippen LogP contribution is 2.41. The van der Waals surface area contributed by atoms with E-state index < -0.39 is 9.84 Å². The van der Waals surface area contributed by atoms with Crippen molar-refractivity contribution >= 4 is 20.7 Å². The lowest BCUT2D eigenvalue weighted by atomic mass is 10.0. The Bertz CT molecular complexity index is 1400. The fourth-order valence-electron chi connectivity index (χ4n) is 5.30. The minimum Gasteiger partial charge on any atom is -0.489 e. The summed E-state index contributed by atoms with van der Waals surface area (Å²) < 4.78 is 33.8. The first kappa shape index (κ1) is 26.0. The summed E-state index contributed by atoms with van der Waals surface area (Å²) in [5.41, 5.74) is 1.88. The maximum atomic E-state index is 12.8. The highest BCUT2D eigenvalue weighted by Gasteiger charge is 2.33. The van der Waals surface area contributed by atoms with E-state index in [4.69, 9.17) is 4.74 Å². The molecule has 1 aromatic carbocycles. The highest BCUT2D eigenvalue weighted by molar-refractivity contribution is 7.91. The predicted octanol–water partition coefficient (Wildman–Crippen LogP) is 3.56. The predicted molar refractivity (Wildman–Crippen MR) is 147 cm³/mol. The number of piperazine rings is 1. The number of aryl methyl sites for hydroxylation is 1. The van der Waals surface area contributed by atoms with Crippen molar-refractivity contribution in [3.05, 3.63) is 47.0 Å². The SMILES string of the molecule is CCS(=O)(=O)c1ccc(OC(CCCCN2CCNCC2)C2CC2)c(-c2cn(C)c(=O)c3[nH]ccc23)c1. The van der Waals surface area contributed by atoms with Crippen LogP contribution < -0.4 is 15.6 Å². The molecule has 2 N–H and O–H groups in total. The Kier molecular flexibility index (Phi) is 7.74. The van der Waals surface area contributed by atoms with Crippen LogP contribution in [0.2, 0.25) is 0 Å². The lowest BCUT2D eigenvalue weighted by Crippen LogP contribution is -2.43. The largest absolute Gasteiger partial charge is 0.489 e. The molecule has 2 aliphatic rings. The van der Waals surface area contributed by atoms with Gasteiger partial charge < -0.3 is 24.5 Å². The Labute approximate surface area is 218 Å². The molecule has 1 saturated heterocycles. The normalized spacial score (nSPS) is 17.8. The van der Waals surface area contributed by atoms with Crippen molar-refractivity contribution in [2.75, 3.05) is 38.5 Å². The maximum absolute atomic E-state index is 12.8.